The summed E-state index contributed by atoms with van der Waals surface area (Å²) in [5, 5.41) is 1.20. The Morgan fingerprint density at radius 3 is 3.08 bits per heavy atom. The second-order valence-corrected chi connectivity index (χ2v) is 6.45. The first-order valence-corrected chi connectivity index (χ1v) is 8.46. The molecule has 5 nitrogen and oxygen atoms in total. The number of methoxy groups -OCH3 is 1. The van der Waals surface area contributed by atoms with Crippen LogP contribution in [0.25, 0.3) is 10.9 Å². The molecule has 0 saturated carbocycles. The molecule has 0 aliphatic carbocycles. The van der Waals surface area contributed by atoms with Crippen molar-refractivity contribution in [3.05, 3.63) is 54.2 Å². The summed E-state index contributed by atoms with van der Waals surface area (Å²) in [5.41, 5.74) is 3.52. The van der Waals surface area contributed by atoms with Crippen LogP contribution in [-0.2, 0) is 6.54 Å². The summed E-state index contributed by atoms with van der Waals surface area (Å²) in [6.45, 7) is 3.11. The molecule has 3 heterocycles. The van der Waals surface area contributed by atoms with Crippen LogP contribution in [0, 0.1) is 0 Å². The minimum Gasteiger partial charge on any atom is -0.497 e. The van der Waals surface area contributed by atoms with Crippen LogP contribution >= 0.6 is 0 Å². The summed E-state index contributed by atoms with van der Waals surface area (Å²) in [4.78, 5) is 14.7. The van der Waals surface area contributed by atoms with E-state index < -0.39 is 0 Å². The van der Waals surface area contributed by atoms with Gasteiger partial charge in [0.1, 0.15) is 5.75 Å². The molecule has 1 aliphatic heterocycles. The van der Waals surface area contributed by atoms with E-state index >= 15 is 0 Å². The highest BCUT2D eigenvalue weighted by atomic mass is 16.5. The van der Waals surface area contributed by atoms with Gasteiger partial charge in [0, 0.05) is 54.2 Å². The Morgan fingerprint density at radius 1 is 1.29 bits per heavy atom. The number of benzene rings is 1. The maximum atomic E-state index is 5.31. The first kappa shape index (κ1) is 15.1. The van der Waals surface area contributed by atoms with Gasteiger partial charge < -0.3 is 9.72 Å². The van der Waals surface area contributed by atoms with Crippen LogP contribution in [0.15, 0.2) is 42.9 Å². The fourth-order valence-electron chi connectivity index (χ4n) is 3.59. The lowest BCUT2D eigenvalue weighted by Crippen LogP contribution is -2.34. The van der Waals surface area contributed by atoms with Crippen molar-refractivity contribution in [2.24, 2.45) is 0 Å². The number of hydrogen-bond donors (Lipinski definition) is 1. The highest BCUT2D eigenvalue weighted by Gasteiger charge is 2.22. The van der Waals surface area contributed by atoms with Gasteiger partial charge in [-0.05, 0) is 43.7 Å². The molecule has 0 amide bonds. The highest BCUT2D eigenvalue weighted by Crippen LogP contribution is 2.27. The molecule has 4 rings (SSSR count). The van der Waals surface area contributed by atoms with E-state index in [1.54, 1.807) is 19.5 Å². The van der Waals surface area contributed by atoms with Crippen molar-refractivity contribution in [3.63, 3.8) is 0 Å². The number of fused-ring (bicyclic) bond motifs is 1. The van der Waals surface area contributed by atoms with E-state index in [1.165, 1.54) is 23.9 Å². The van der Waals surface area contributed by atoms with Crippen LogP contribution in [0.2, 0.25) is 0 Å². The molecule has 0 spiro atoms. The Balaban J connectivity index is 1.48. The summed E-state index contributed by atoms with van der Waals surface area (Å²) < 4.78 is 5.31. The van der Waals surface area contributed by atoms with Crippen LogP contribution < -0.4 is 4.74 Å². The number of ether oxygens (including phenoxy) is 1. The summed E-state index contributed by atoms with van der Waals surface area (Å²) in [5.74, 6) is 1.38. The molecule has 3 aromatic rings. The maximum Gasteiger partial charge on any atom is 0.119 e. The first-order chi connectivity index (χ1) is 11.8. The molecule has 2 aromatic heterocycles. The Morgan fingerprint density at radius 2 is 2.25 bits per heavy atom. The molecule has 1 atom stereocenters. The third kappa shape index (κ3) is 3.12. The number of likely N-dealkylation sites (tertiary alicyclic amines) is 1. The molecule has 1 N–H and O–H groups in total. The molecule has 124 valence electrons. The number of hydrogen-bond acceptors (Lipinski definition) is 4. The van der Waals surface area contributed by atoms with Gasteiger partial charge in [-0.15, -0.1) is 0 Å². The number of piperidine rings is 1. The molecule has 0 bridgehead atoms. The summed E-state index contributed by atoms with van der Waals surface area (Å²) in [6.07, 6.45) is 7.83. The average molecular weight is 322 g/mol. The van der Waals surface area contributed by atoms with E-state index in [0.29, 0.717) is 5.92 Å². The van der Waals surface area contributed by atoms with Crippen molar-refractivity contribution in [2.75, 3.05) is 20.2 Å². The Bertz CT molecular complexity index is 815. The first-order valence-electron chi connectivity index (χ1n) is 8.46. The standard InChI is InChI=1S/C19H22N4O/c1-24-17-4-5-18-15(10-17)9-16(22-18)13-23-8-2-3-14(12-23)19-11-20-6-7-21-19/h4-7,9-11,14,22H,2-3,8,12-13H2,1H3. The van der Waals surface area contributed by atoms with E-state index in [4.69, 9.17) is 4.74 Å². The van der Waals surface area contributed by atoms with Gasteiger partial charge in [0.15, 0.2) is 0 Å². The van der Waals surface area contributed by atoms with Crippen molar-refractivity contribution >= 4 is 10.9 Å². The van der Waals surface area contributed by atoms with Gasteiger partial charge in [0.25, 0.3) is 0 Å². The van der Waals surface area contributed by atoms with Crippen LogP contribution in [0.4, 0.5) is 0 Å². The largest absolute Gasteiger partial charge is 0.497 e. The predicted octanol–water partition coefficient (Wildman–Crippen LogP) is 3.35. The molecule has 5 heteroatoms. The number of rotatable bonds is 4. The second-order valence-electron chi connectivity index (χ2n) is 6.45. The van der Waals surface area contributed by atoms with Gasteiger partial charge in [-0.25, -0.2) is 0 Å². The SMILES string of the molecule is COc1ccc2[nH]c(CN3CCCC(c4cnccn4)C3)cc2c1. The Hall–Kier alpha value is -2.40. The Labute approximate surface area is 141 Å². The van der Waals surface area contributed by atoms with Gasteiger partial charge in [-0.3, -0.25) is 14.9 Å². The molecule has 1 aliphatic rings. The molecule has 0 radical (unpaired) electrons. The summed E-state index contributed by atoms with van der Waals surface area (Å²) in [6, 6.07) is 8.38. The van der Waals surface area contributed by atoms with Crippen LogP contribution in [0.3, 0.4) is 0 Å². The van der Waals surface area contributed by atoms with Crippen LogP contribution in [-0.4, -0.2) is 40.1 Å². The van der Waals surface area contributed by atoms with Crippen molar-refractivity contribution in [2.45, 2.75) is 25.3 Å². The van der Waals surface area contributed by atoms with Crippen molar-refractivity contribution in [1.82, 2.24) is 19.9 Å². The molecule has 1 aromatic carbocycles. The number of aromatic amines is 1. The highest BCUT2D eigenvalue weighted by molar-refractivity contribution is 5.81. The second kappa shape index (κ2) is 6.61. The zero-order valence-electron chi connectivity index (χ0n) is 13.9. The summed E-state index contributed by atoms with van der Waals surface area (Å²) >= 11 is 0. The van der Waals surface area contributed by atoms with E-state index in [2.05, 4.69) is 38.1 Å². The van der Waals surface area contributed by atoms with Crippen molar-refractivity contribution in [3.8, 4) is 5.75 Å². The zero-order valence-corrected chi connectivity index (χ0v) is 13.9. The lowest BCUT2D eigenvalue weighted by molar-refractivity contribution is 0.196. The minimum atomic E-state index is 0.483. The molecule has 1 unspecified atom stereocenters. The van der Waals surface area contributed by atoms with E-state index in [1.807, 2.05) is 12.3 Å². The average Bonchev–Trinajstić information content (AvgIpc) is 3.04. The molecule has 1 saturated heterocycles. The van der Waals surface area contributed by atoms with Gasteiger partial charge in [0.05, 0.1) is 12.8 Å². The zero-order chi connectivity index (χ0) is 16.4. The fraction of sp³-hybridized carbons (Fsp3) is 0.368. The van der Waals surface area contributed by atoms with E-state index in [-0.39, 0.29) is 0 Å². The molecule has 24 heavy (non-hydrogen) atoms. The van der Waals surface area contributed by atoms with Gasteiger partial charge in [-0.1, -0.05) is 0 Å². The topological polar surface area (TPSA) is 54.0 Å². The quantitative estimate of drug-likeness (QED) is 0.800. The van der Waals surface area contributed by atoms with Gasteiger partial charge in [-0.2, -0.15) is 0 Å². The third-order valence-electron chi connectivity index (χ3n) is 4.78. The lowest BCUT2D eigenvalue weighted by Gasteiger charge is -2.31. The number of H-pyrrole nitrogens is 1. The van der Waals surface area contributed by atoms with Crippen molar-refractivity contribution in [1.29, 1.82) is 0 Å². The van der Waals surface area contributed by atoms with E-state index in [9.17, 15) is 0 Å². The smallest absolute Gasteiger partial charge is 0.119 e. The summed E-state index contributed by atoms with van der Waals surface area (Å²) in [7, 11) is 1.70. The molecular formula is C19H22N4O. The minimum absolute atomic E-state index is 0.483. The maximum absolute atomic E-state index is 5.31. The molecular weight excluding hydrogens is 300 g/mol. The number of nitrogens with one attached hydrogen (secondary N) is 1. The fourth-order valence-corrected chi connectivity index (χ4v) is 3.59. The van der Waals surface area contributed by atoms with E-state index in [0.717, 1.165) is 36.6 Å². The van der Waals surface area contributed by atoms with Gasteiger partial charge >= 0.3 is 0 Å². The third-order valence-corrected chi connectivity index (χ3v) is 4.78. The van der Waals surface area contributed by atoms with Crippen LogP contribution in [0.1, 0.15) is 30.1 Å². The monoisotopic (exact) mass is 322 g/mol. The lowest BCUT2D eigenvalue weighted by atomic mass is 9.95. The number of aromatic nitrogens is 3. The predicted molar refractivity (Wildman–Crippen MR) is 94.1 cm³/mol. The van der Waals surface area contributed by atoms with Crippen molar-refractivity contribution < 1.29 is 4.74 Å². The molecule has 1 fully saturated rings. The normalized spacial score (nSPS) is 18.8. The Kier molecular flexibility index (Phi) is 4.17. The van der Waals surface area contributed by atoms with Crippen LogP contribution in [0.5, 0.6) is 5.75 Å². The number of nitrogens with zero attached hydrogens (tertiary/aromatic N) is 3. The van der Waals surface area contributed by atoms with Gasteiger partial charge in [0.2, 0.25) is 0 Å².